The standard InChI is InChI=1S/C13H17BrN2O2.ClH/c1-8-5-9(14)6-11(13(8)15)16-12(17)7-10-3-2-4-18-10;/h5-6,10H,2-4,7,15H2,1H3,(H,16,17);1H. The topological polar surface area (TPSA) is 64.3 Å². The van der Waals surface area contributed by atoms with E-state index < -0.39 is 0 Å². The molecule has 3 N–H and O–H groups in total. The van der Waals surface area contributed by atoms with Crippen molar-refractivity contribution in [3.63, 3.8) is 0 Å². The average molecular weight is 350 g/mol. The van der Waals surface area contributed by atoms with Gasteiger partial charge in [0.25, 0.3) is 0 Å². The first-order chi connectivity index (χ1) is 8.56. The summed E-state index contributed by atoms with van der Waals surface area (Å²) in [4.78, 5) is 11.9. The summed E-state index contributed by atoms with van der Waals surface area (Å²) in [6, 6.07) is 3.74. The zero-order valence-corrected chi connectivity index (χ0v) is 13.1. The highest BCUT2D eigenvalue weighted by Crippen LogP contribution is 2.28. The van der Waals surface area contributed by atoms with Crippen LogP contribution in [0.5, 0.6) is 0 Å². The molecule has 1 fully saturated rings. The quantitative estimate of drug-likeness (QED) is 0.823. The number of rotatable bonds is 3. The Morgan fingerprint density at radius 2 is 2.32 bits per heavy atom. The maximum absolute atomic E-state index is 11.9. The van der Waals surface area contributed by atoms with E-state index in [2.05, 4.69) is 21.2 Å². The number of ether oxygens (including phenoxy) is 1. The van der Waals surface area contributed by atoms with Gasteiger partial charge in [-0.05, 0) is 37.5 Å². The van der Waals surface area contributed by atoms with E-state index in [1.807, 2.05) is 19.1 Å². The third-order valence-corrected chi connectivity index (χ3v) is 3.52. The number of nitrogens with two attached hydrogens (primary N) is 1. The van der Waals surface area contributed by atoms with Gasteiger partial charge in [-0.2, -0.15) is 0 Å². The molecule has 6 heteroatoms. The number of nitrogen functional groups attached to an aromatic ring is 1. The molecule has 1 aromatic carbocycles. The van der Waals surface area contributed by atoms with Gasteiger partial charge in [0.15, 0.2) is 0 Å². The number of amides is 1. The second-order valence-electron chi connectivity index (χ2n) is 4.57. The predicted octanol–water partition coefficient (Wildman–Crippen LogP) is 3.27. The molecule has 1 saturated heterocycles. The molecule has 1 aromatic rings. The third-order valence-electron chi connectivity index (χ3n) is 3.06. The molecule has 1 unspecified atom stereocenters. The number of hydrogen-bond acceptors (Lipinski definition) is 3. The van der Waals surface area contributed by atoms with Gasteiger partial charge >= 0.3 is 0 Å². The Kier molecular flexibility index (Phi) is 6.10. The van der Waals surface area contributed by atoms with E-state index in [4.69, 9.17) is 10.5 Å². The normalized spacial score (nSPS) is 17.9. The van der Waals surface area contributed by atoms with Crippen LogP contribution in [0.3, 0.4) is 0 Å². The van der Waals surface area contributed by atoms with Crippen LogP contribution < -0.4 is 11.1 Å². The maximum atomic E-state index is 11.9. The summed E-state index contributed by atoms with van der Waals surface area (Å²) in [6.07, 6.45) is 2.45. The van der Waals surface area contributed by atoms with Crippen molar-refractivity contribution in [3.05, 3.63) is 22.2 Å². The first-order valence-electron chi connectivity index (χ1n) is 6.03. The summed E-state index contributed by atoms with van der Waals surface area (Å²) in [5.74, 6) is -0.0499. The van der Waals surface area contributed by atoms with Crippen molar-refractivity contribution >= 4 is 45.6 Å². The van der Waals surface area contributed by atoms with E-state index in [1.54, 1.807) is 0 Å². The number of anilines is 2. The minimum absolute atomic E-state index is 0. The van der Waals surface area contributed by atoms with E-state index in [0.717, 1.165) is 29.5 Å². The molecule has 0 aromatic heterocycles. The molecule has 0 saturated carbocycles. The highest BCUT2D eigenvalue weighted by Gasteiger charge is 2.19. The molecule has 0 spiro atoms. The molecule has 1 aliphatic rings. The van der Waals surface area contributed by atoms with E-state index in [0.29, 0.717) is 17.8 Å². The Labute approximate surface area is 127 Å². The molecule has 106 valence electrons. The van der Waals surface area contributed by atoms with Crippen molar-refractivity contribution in [2.45, 2.75) is 32.3 Å². The third kappa shape index (κ3) is 4.37. The van der Waals surface area contributed by atoms with Crippen LogP contribution in [0.2, 0.25) is 0 Å². The molecule has 2 rings (SSSR count). The average Bonchev–Trinajstić information content (AvgIpc) is 2.77. The van der Waals surface area contributed by atoms with Crippen molar-refractivity contribution in [1.82, 2.24) is 0 Å². The summed E-state index contributed by atoms with van der Waals surface area (Å²) in [6.45, 7) is 2.67. The number of hydrogen-bond donors (Lipinski definition) is 2. The highest BCUT2D eigenvalue weighted by atomic mass is 79.9. The Hall–Kier alpha value is -0.780. The van der Waals surface area contributed by atoms with Gasteiger partial charge in [0.1, 0.15) is 0 Å². The van der Waals surface area contributed by atoms with Crippen molar-refractivity contribution in [2.24, 2.45) is 0 Å². The van der Waals surface area contributed by atoms with Crippen LogP contribution in [0.1, 0.15) is 24.8 Å². The van der Waals surface area contributed by atoms with Crippen LogP contribution in [0.15, 0.2) is 16.6 Å². The molecule has 4 nitrogen and oxygen atoms in total. The van der Waals surface area contributed by atoms with Crippen LogP contribution in [-0.4, -0.2) is 18.6 Å². The largest absolute Gasteiger partial charge is 0.397 e. The molecule has 19 heavy (non-hydrogen) atoms. The Bertz CT molecular complexity index is 462. The molecule has 0 radical (unpaired) electrons. The van der Waals surface area contributed by atoms with Gasteiger partial charge < -0.3 is 15.8 Å². The fourth-order valence-corrected chi connectivity index (χ4v) is 2.64. The van der Waals surface area contributed by atoms with Crippen molar-refractivity contribution in [3.8, 4) is 0 Å². The van der Waals surface area contributed by atoms with Crippen LogP contribution >= 0.6 is 28.3 Å². The van der Waals surface area contributed by atoms with E-state index in [1.165, 1.54) is 0 Å². The first-order valence-corrected chi connectivity index (χ1v) is 6.82. The van der Waals surface area contributed by atoms with E-state index in [9.17, 15) is 4.79 Å². The molecule has 0 aliphatic carbocycles. The monoisotopic (exact) mass is 348 g/mol. The van der Waals surface area contributed by atoms with Crippen LogP contribution in [-0.2, 0) is 9.53 Å². The van der Waals surface area contributed by atoms with Gasteiger partial charge in [0.2, 0.25) is 5.91 Å². The fourth-order valence-electron chi connectivity index (χ4n) is 2.07. The lowest BCUT2D eigenvalue weighted by molar-refractivity contribution is -0.118. The van der Waals surface area contributed by atoms with Gasteiger partial charge in [-0.25, -0.2) is 0 Å². The Morgan fingerprint density at radius 1 is 1.58 bits per heavy atom. The number of aryl methyl sites for hydroxylation is 1. The summed E-state index contributed by atoms with van der Waals surface area (Å²) >= 11 is 3.39. The number of nitrogens with one attached hydrogen (secondary N) is 1. The van der Waals surface area contributed by atoms with Crippen LogP contribution in [0, 0.1) is 6.92 Å². The number of carbonyl (C=O) groups is 1. The lowest BCUT2D eigenvalue weighted by Crippen LogP contribution is -2.20. The van der Waals surface area contributed by atoms with Crippen LogP contribution in [0.4, 0.5) is 11.4 Å². The van der Waals surface area contributed by atoms with E-state index >= 15 is 0 Å². The van der Waals surface area contributed by atoms with Gasteiger partial charge in [0.05, 0.1) is 23.9 Å². The maximum Gasteiger partial charge on any atom is 0.227 e. The molecule has 1 aliphatic heterocycles. The van der Waals surface area contributed by atoms with Crippen molar-refractivity contribution in [2.75, 3.05) is 17.7 Å². The summed E-state index contributed by atoms with van der Waals surface area (Å²) in [7, 11) is 0. The molecular weight excluding hydrogens is 332 g/mol. The van der Waals surface area contributed by atoms with E-state index in [-0.39, 0.29) is 24.4 Å². The summed E-state index contributed by atoms with van der Waals surface area (Å²) < 4.78 is 6.34. The number of benzene rings is 1. The summed E-state index contributed by atoms with van der Waals surface area (Å²) in [5.41, 5.74) is 8.15. The number of halogens is 2. The zero-order chi connectivity index (χ0) is 13.1. The lowest BCUT2D eigenvalue weighted by Gasteiger charge is -2.13. The smallest absolute Gasteiger partial charge is 0.227 e. The van der Waals surface area contributed by atoms with Gasteiger partial charge in [0, 0.05) is 11.1 Å². The first kappa shape index (κ1) is 16.3. The van der Waals surface area contributed by atoms with Gasteiger partial charge in [-0.1, -0.05) is 15.9 Å². The lowest BCUT2D eigenvalue weighted by atomic mass is 10.1. The van der Waals surface area contributed by atoms with Crippen molar-refractivity contribution < 1.29 is 9.53 Å². The Balaban J connectivity index is 0.00000180. The van der Waals surface area contributed by atoms with Gasteiger partial charge in [-0.3, -0.25) is 4.79 Å². The molecule has 1 amide bonds. The van der Waals surface area contributed by atoms with Gasteiger partial charge in [-0.15, -0.1) is 12.4 Å². The number of carbonyl (C=O) groups excluding carboxylic acids is 1. The SMILES string of the molecule is Cc1cc(Br)cc(NC(=O)CC2CCCO2)c1N.Cl. The molecular formula is C13H18BrClN2O2. The zero-order valence-electron chi connectivity index (χ0n) is 10.7. The Morgan fingerprint density at radius 3 is 2.95 bits per heavy atom. The minimum atomic E-state index is -0.0499. The molecule has 1 heterocycles. The molecule has 0 bridgehead atoms. The summed E-state index contributed by atoms with van der Waals surface area (Å²) in [5, 5.41) is 2.84. The van der Waals surface area contributed by atoms with Crippen molar-refractivity contribution in [1.29, 1.82) is 0 Å². The highest BCUT2D eigenvalue weighted by molar-refractivity contribution is 9.10. The predicted molar refractivity (Wildman–Crippen MR) is 82.8 cm³/mol. The fraction of sp³-hybridized carbons (Fsp3) is 0.462. The second kappa shape index (κ2) is 7.12. The minimum Gasteiger partial charge on any atom is -0.397 e. The second-order valence-corrected chi connectivity index (χ2v) is 5.49. The molecule has 1 atom stereocenters. The van der Waals surface area contributed by atoms with Crippen LogP contribution in [0.25, 0.3) is 0 Å².